The highest BCUT2D eigenvalue weighted by atomic mass is 16.2. The number of nitrogens with one attached hydrogen (secondary N) is 1. The molecule has 1 aromatic rings. The SMILES string of the molecule is Cc1ccc(N2CC(=O)NC(C)C2=O)cc1C. The van der Waals surface area contributed by atoms with Crippen LogP contribution in [-0.4, -0.2) is 24.4 Å². The van der Waals surface area contributed by atoms with Crippen molar-refractivity contribution in [2.45, 2.75) is 26.8 Å². The molecule has 0 saturated carbocycles. The highest BCUT2D eigenvalue weighted by molar-refractivity contribution is 6.06. The molecule has 90 valence electrons. The Balaban J connectivity index is 2.34. The fourth-order valence-electron chi connectivity index (χ4n) is 1.92. The van der Waals surface area contributed by atoms with E-state index in [0.717, 1.165) is 11.3 Å². The smallest absolute Gasteiger partial charge is 0.249 e. The summed E-state index contributed by atoms with van der Waals surface area (Å²) in [5.74, 6) is -0.178. The van der Waals surface area contributed by atoms with Gasteiger partial charge >= 0.3 is 0 Å². The molecule has 0 aromatic heterocycles. The van der Waals surface area contributed by atoms with E-state index in [1.54, 1.807) is 6.92 Å². The van der Waals surface area contributed by atoms with Gasteiger partial charge in [-0.05, 0) is 44.0 Å². The first-order valence-electron chi connectivity index (χ1n) is 5.67. The lowest BCUT2D eigenvalue weighted by atomic mass is 10.1. The molecule has 0 bridgehead atoms. The zero-order valence-electron chi connectivity index (χ0n) is 10.3. The van der Waals surface area contributed by atoms with Gasteiger partial charge in [0, 0.05) is 5.69 Å². The Morgan fingerprint density at radius 1 is 1.24 bits per heavy atom. The van der Waals surface area contributed by atoms with E-state index < -0.39 is 6.04 Å². The summed E-state index contributed by atoms with van der Waals surface area (Å²) in [6, 6.07) is 5.34. The molecule has 2 amide bonds. The van der Waals surface area contributed by atoms with Crippen molar-refractivity contribution in [3.8, 4) is 0 Å². The number of carbonyl (C=O) groups is 2. The van der Waals surface area contributed by atoms with Crippen LogP contribution < -0.4 is 10.2 Å². The van der Waals surface area contributed by atoms with E-state index in [-0.39, 0.29) is 18.4 Å². The standard InChI is InChI=1S/C13H16N2O2/c1-8-4-5-11(6-9(8)2)15-7-12(16)14-10(3)13(15)17/h4-6,10H,7H2,1-3H3,(H,14,16). The van der Waals surface area contributed by atoms with Crippen LogP contribution >= 0.6 is 0 Å². The quantitative estimate of drug-likeness (QED) is 0.789. The van der Waals surface area contributed by atoms with E-state index in [0.29, 0.717) is 0 Å². The van der Waals surface area contributed by atoms with Crippen LogP contribution in [0.5, 0.6) is 0 Å². The normalized spacial score (nSPS) is 20.4. The third-order valence-corrected chi connectivity index (χ3v) is 3.12. The van der Waals surface area contributed by atoms with Gasteiger partial charge in [0.15, 0.2) is 0 Å². The Bertz CT molecular complexity index is 482. The van der Waals surface area contributed by atoms with E-state index in [1.165, 1.54) is 10.5 Å². The number of hydrogen-bond donors (Lipinski definition) is 1. The molecule has 1 fully saturated rings. The van der Waals surface area contributed by atoms with Gasteiger partial charge in [0.25, 0.3) is 0 Å². The van der Waals surface area contributed by atoms with E-state index >= 15 is 0 Å². The van der Waals surface area contributed by atoms with Crippen LogP contribution in [0.1, 0.15) is 18.1 Å². The Morgan fingerprint density at radius 3 is 2.59 bits per heavy atom. The second-order valence-corrected chi connectivity index (χ2v) is 4.48. The summed E-state index contributed by atoms with van der Waals surface area (Å²) in [5, 5.41) is 2.62. The summed E-state index contributed by atoms with van der Waals surface area (Å²) in [5.41, 5.74) is 3.09. The fraction of sp³-hybridized carbons (Fsp3) is 0.385. The third-order valence-electron chi connectivity index (χ3n) is 3.12. The molecule has 1 heterocycles. The van der Waals surface area contributed by atoms with E-state index in [9.17, 15) is 9.59 Å². The van der Waals surface area contributed by atoms with Gasteiger partial charge in [-0.1, -0.05) is 6.07 Å². The van der Waals surface area contributed by atoms with Gasteiger partial charge in [0.2, 0.25) is 11.8 Å². The lowest BCUT2D eigenvalue weighted by Crippen LogP contribution is -2.57. The van der Waals surface area contributed by atoms with Gasteiger partial charge in [-0.3, -0.25) is 9.59 Å². The summed E-state index contributed by atoms with van der Waals surface area (Å²) in [6.07, 6.45) is 0. The van der Waals surface area contributed by atoms with Crippen molar-refractivity contribution in [2.24, 2.45) is 0 Å². The first kappa shape index (κ1) is 11.6. The number of aryl methyl sites for hydroxylation is 2. The maximum atomic E-state index is 12.0. The van der Waals surface area contributed by atoms with Crippen molar-refractivity contribution in [2.75, 3.05) is 11.4 Å². The van der Waals surface area contributed by atoms with Crippen LogP contribution in [0.4, 0.5) is 5.69 Å². The molecule has 0 aliphatic carbocycles. The van der Waals surface area contributed by atoms with Gasteiger partial charge in [-0.15, -0.1) is 0 Å². The van der Waals surface area contributed by atoms with Crippen molar-refractivity contribution >= 4 is 17.5 Å². The minimum Gasteiger partial charge on any atom is -0.343 e. The van der Waals surface area contributed by atoms with Crippen LogP contribution in [-0.2, 0) is 9.59 Å². The Hall–Kier alpha value is -1.84. The van der Waals surface area contributed by atoms with Crippen LogP contribution in [0, 0.1) is 13.8 Å². The molecular formula is C13H16N2O2. The first-order chi connectivity index (χ1) is 7.99. The predicted molar refractivity (Wildman–Crippen MR) is 65.9 cm³/mol. The highest BCUT2D eigenvalue weighted by Crippen LogP contribution is 2.20. The molecule has 4 heteroatoms. The number of piperazine rings is 1. The molecule has 1 atom stereocenters. The molecule has 1 aromatic carbocycles. The number of amides is 2. The second-order valence-electron chi connectivity index (χ2n) is 4.48. The van der Waals surface area contributed by atoms with Gasteiger partial charge in [-0.25, -0.2) is 0 Å². The van der Waals surface area contributed by atoms with Crippen LogP contribution in [0.25, 0.3) is 0 Å². The van der Waals surface area contributed by atoms with Gasteiger partial charge < -0.3 is 10.2 Å². The van der Waals surface area contributed by atoms with Crippen molar-refractivity contribution in [3.05, 3.63) is 29.3 Å². The molecule has 1 unspecified atom stereocenters. The average molecular weight is 232 g/mol. The topological polar surface area (TPSA) is 49.4 Å². The van der Waals surface area contributed by atoms with Crippen molar-refractivity contribution in [3.63, 3.8) is 0 Å². The molecule has 17 heavy (non-hydrogen) atoms. The molecular weight excluding hydrogens is 216 g/mol. The van der Waals surface area contributed by atoms with Crippen molar-refractivity contribution in [1.29, 1.82) is 0 Å². The number of carbonyl (C=O) groups excluding carboxylic acids is 2. The highest BCUT2D eigenvalue weighted by Gasteiger charge is 2.30. The van der Waals surface area contributed by atoms with Gasteiger partial charge in [0.1, 0.15) is 12.6 Å². The molecule has 0 radical (unpaired) electrons. The molecule has 1 aliphatic heterocycles. The Morgan fingerprint density at radius 2 is 1.94 bits per heavy atom. The largest absolute Gasteiger partial charge is 0.343 e. The van der Waals surface area contributed by atoms with E-state index in [1.807, 2.05) is 32.0 Å². The summed E-state index contributed by atoms with van der Waals surface area (Å²) in [7, 11) is 0. The summed E-state index contributed by atoms with van der Waals surface area (Å²) < 4.78 is 0. The van der Waals surface area contributed by atoms with Crippen molar-refractivity contribution in [1.82, 2.24) is 5.32 Å². The summed E-state index contributed by atoms with van der Waals surface area (Å²) in [6.45, 7) is 5.82. The molecule has 4 nitrogen and oxygen atoms in total. The number of hydrogen-bond acceptors (Lipinski definition) is 2. The van der Waals surface area contributed by atoms with E-state index in [4.69, 9.17) is 0 Å². The lowest BCUT2D eigenvalue weighted by Gasteiger charge is -2.31. The van der Waals surface area contributed by atoms with Crippen LogP contribution in [0.3, 0.4) is 0 Å². The molecule has 0 spiro atoms. The minimum absolute atomic E-state index is 0.0622. The number of rotatable bonds is 1. The van der Waals surface area contributed by atoms with Crippen molar-refractivity contribution < 1.29 is 9.59 Å². The summed E-state index contributed by atoms with van der Waals surface area (Å²) >= 11 is 0. The predicted octanol–water partition coefficient (Wildman–Crippen LogP) is 1.15. The molecule has 1 saturated heterocycles. The number of benzene rings is 1. The van der Waals surface area contributed by atoms with Crippen LogP contribution in [0.15, 0.2) is 18.2 Å². The summed E-state index contributed by atoms with van der Waals surface area (Å²) in [4.78, 5) is 25.0. The lowest BCUT2D eigenvalue weighted by molar-refractivity contribution is -0.130. The maximum absolute atomic E-state index is 12.0. The average Bonchev–Trinajstić information content (AvgIpc) is 2.27. The molecule has 1 N–H and O–H groups in total. The second kappa shape index (κ2) is 4.20. The first-order valence-corrected chi connectivity index (χ1v) is 5.67. The zero-order valence-corrected chi connectivity index (χ0v) is 10.3. The van der Waals surface area contributed by atoms with Gasteiger partial charge in [0.05, 0.1) is 0 Å². The third kappa shape index (κ3) is 2.16. The molecule has 1 aliphatic rings. The van der Waals surface area contributed by atoms with Crippen LogP contribution in [0.2, 0.25) is 0 Å². The maximum Gasteiger partial charge on any atom is 0.249 e. The van der Waals surface area contributed by atoms with Gasteiger partial charge in [-0.2, -0.15) is 0 Å². The molecule has 2 rings (SSSR count). The zero-order chi connectivity index (χ0) is 12.6. The Kier molecular flexibility index (Phi) is 2.88. The Labute approximate surface area is 101 Å². The fourth-order valence-corrected chi connectivity index (χ4v) is 1.92. The number of nitrogens with zero attached hydrogens (tertiary/aromatic N) is 1. The number of anilines is 1. The van der Waals surface area contributed by atoms with E-state index in [2.05, 4.69) is 5.32 Å². The minimum atomic E-state index is -0.446. The monoisotopic (exact) mass is 232 g/mol.